The lowest BCUT2D eigenvalue weighted by Gasteiger charge is -2.26. The molecule has 1 aliphatic rings. The Morgan fingerprint density at radius 1 is 0.968 bits per heavy atom. The van der Waals surface area contributed by atoms with E-state index in [-0.39, 0.29) is 0 Å². The quantitative estimate of drug-likeness (QED) is 0.397. The largest absolute Gasteiger partial charge is 0.436 e. The second-order valence-corrected chi connectivity index (χ2v) is 8.32. The van der Waals surface area contributed by atoms with Crippen LogP contribution in [0.1, 0.15) is 36.0 Å². The van der Waals surface area contributed by atoms with E-state index in [0.29, 0.717) is 11.5 Å². The van der Waals surface area contributed by atoms with Crippen molar-refractivity contribution in [2.45, 2.75) is 32.7 Å². The van der Waals surface area contributed by atoms with E-state index in [2.05, 4.69) is 30.0 Å². The van der Waals surface area contributed by atoms with E-state index in [1.54, 1.807) is 0 Å². The number of aryl methyl sites for hydroxylation is 1. The highest BCUT2D eigenvalue weighted by Gasteiger charge is 2.18. The molecule has 0 bridgehead atoms. The van der Waals surface area contributed by atoms with E-state index in [0.717, 1.165) is 39.9 Å². The van der Waals surface area contributed by atoms with Crippen molar-refractivity contribution < 1.29 is 4.42 Å². The van der Waals surface area contributed by atoms with Gasteiger partial charge in [-0.25, -0.2) is 4.98 Å². The van der Waals surface area contributed by atoms with Crippen LogP contribution in [-0.2, 0) is 6.54 Å². The molecule has 0 radical (unpaired) electrons. The van der Waals surface area contributed by atoms with E-state index >= 15 is 0 Å². The second-order valence-electron chi connectivity index (χ2n) is 8.32. The summed E-state index contributed by atoms with van der Waals surface area (Å²) in [4.78, 5) is 7.32. The van der Waals surface area contributed by atoms with E-state index < -0.39 is 0 Å². The molecule has 4 heteroatoms. The van der Waals surface area contributed by atoms with E-state index in [1.165, 1.54) is 37.9 Å². The Balaban J connectivity index is 1.55. The molecule has 0 amide bonds. The molecule has 0 spiro atoms. The zero-order valence-electron chi connectivity index (χ0n) is 17.8. The summed E-state index contributed by atoms with van der Waals surface area (Å²) in [6, 6.07) is 22.5. The number of fused-ring (bicyclic) bond motifs is 1. The predicted octanol–water partition coefficient (Wildman–Crippen LogP) is 6.33. The van der Waals surface area contributed by atoms with Gasteiger partial charge in [-0.2, -0.15) is 5.26 Å². The molecule has 2 heterocycles. The summed E-state index contributed by atoms with van der Waals surface area (Å²) in [7, 11) is 0. The lowest BCUT2D eigenvalue weighted by Crippen LogP contribution is -2.29. The average Bonchev–Trinajstić information content (AvgIpc) is 3.24. The minimum Gasteiger partial charge on any atom is -0.436 e. The number of hydrogen-bond acceptors (Lipinski definition) is 4. The zero-order chi connectivity index (χ0) is 21.2. The third-order valence-corrected chi connectivity index (χ3v) is 6.08. The lowest BCUT2D eigenvalue weighted by molar-refractivity contribution is 0.221. The van der Waals surface area contributed by atoms with Gasteiger partial charge in [0.2, 0.25) is 5.89 Å². The Bertz CT molecular complexity index is 1260. The molecule has 0 N–H and O–H groups in total. The van der Waals surface area contributed by atoms with Crippen molar-refractivity contribution in [3.05, 3.63) is 77.4 Å². The number of nitrogens with zero attached hydrogens (tertiary/aromatic N) is 3. The molecule has 5 rings (SSSR count). The lowest BCUT2D eigenvalue weighted by atomic mass is 9.96. The normalized spacial score (nSPS) is 14.6. The SMILES string of the molecule is Cc1cc(CN2CCCCC2)cc2nc(-c3cccc(-c4ccccc4)c3C#N)oc12. The monoisotopic (exact) mass is 407 g/mol. The molecule has 0 unspecified atom stereocenters. The van der Waals surface area contributed by atoms with Crippen LogP contribution in [0, 0.1) is 18.3 Å². The number of likely N-dealkylation sites (tertiary alicyclic amines) is 1. The number of oxazole rings is 1. The highest BCUT2D eigenvalue weighted by molar-refractivity contribution is 5.84. The summed E-state index contributed by atoms with van der Waals surface area (Å²) >= 11 is 0. The summed E-state index contributed by atoms with van der Waals surface area (Å²) in [5.74, 6) is 0.502. The molecule has 0 saturated carbocycles. The molecule has 1 fully saturated rings. The van der Waals surface area contributed by atoms with Gasteiger partial charge in [-0.1, -0.05) is 55.0 Å². The highest BCUT2D eigenvalue weighted by atomic mass is 16.3. The Morgan fingerprint density at radius 2 is 1.74 bits per heavy atom. The number of rotatable bonds is 4. The van der Waals surface area contributed by atoms with Gasteiger partial charge in [0, 0.05) is 12.1 Å². The Hall–Kier alpha value is -3.42. The summed E-state index contributed by atoms with van der Waals surface area (Å²) in [5.41, 5.74) is 7.24. The van der Waals surface area contributed by atoms with Crippen LogP contribution in [0.25, 0.3) is 33.7 Å². The minimum atomic E-state index is 0.502. The van der Waals surface area contributed by atoms with Crippen LogP contribution in [-0.4, -0.2) is 23.0 Å². The molecular weight excluding hydrogens is 382 g/mol. The molecule has 4 nitrogen and oxygen atoms in total. The van der Waals surface area contributed by atoms with Crippen LogP contribution >= 0.6 is 0 Å². The van der Waals surface area contributed by atoms with Gasteiger partial charge in [-0.3, -0.25) is 4.90 Å². The molecule has 4 aromatic rings. The van der Waals surface area contributed by atoms with E-state index in [1.807, 2.05) is 48.5 Å². The number of nitriles is 1. The first-order valence-corrected chi connectivity index (χ1v) is 10.9. The van der Waals surface area contributed by atoms with Gasteiger partial charge >= 0.3 is 0 Å². The topological polar surface area (TPSA) is 53.1 Å². The summed E-state index contributed by atoms with van der Waals surface area (Å²) < 4.78 is 6.19. The summed E-state index contributed by atoms with van der Waals surface area (Å²) in [5, 5.41) is 9.95. The van der Waals surface area contributed by atoms with Crippen LogP contribution in [0.15, 0.2) is 65.1 Å². The average molecular weight is 408 g/mol. The molecule has 31 heavy (non-hydrogen) atoms. The number of benzene rings is 3. The van der Waals surface area contributed by atoms with Gasteiger partial charge < -0.3 is 4.42 Å². The van der Waals surface area contributed by atoms with Gasteiger partial charge in [0.05, 0.1) is 11.1 Å². The first kappa shape index (κ1) is 19.5. The van der Waals surface area contributed by atoms with E-state index in [4.69, 9.17) is 9.40 Å². The van der Waals surface area contributed by atoms with Gasteiger partial charge in [-0.15, -0.1) is 0 Å². The van der Waals surface area contributed by atoms with Crippen molar-refractivity contribution in [1.29, 1.82) is 5.26 Å². The number of aromatic nitrogens is 1. The molecule has 1 saturated heterocycles. The third kappa shape index (κ3) is 3.85. The van der Waals surface area contributed by atoms with Crippen LogP contribution in [0.2, 0.25) is 0 Å². The van der Waals surface area contributed by atoms with E-state index in [9.17, 15) is 5.26 Å². The van der Waals surface area contributed by atoms with Crippen molar-refractivity contribution in [3.8, 4) is 28.7 Å². The van der Waals surface area contributed by atoms with Crippen molar-refractivity contribution in [3.63, 3.8) is 0 Å². The Kier molecular flexibility index (Phi) is 5.28. The molecule has 154 valence electrons. The number of piperidine rings is 1. The van der Waals surface area contributed by atoms with Crippen LogP contribution in [0.5, 0.6) is 0 Å². The Labute approximate surface area is 182 Å². The fourth-order valence-electron chi connectivity index (χ4n) is 4.56. The molecular formula is C27H25N3O. The maximum absolute atomic E-state index is 9.95. The molecule has 1 aromatic heterocycles. The molecule has 0 aliphatic carbocycles. The van der Waals surface area contributed by atoms with Gasteiger partial charge in [0.1, 0.15) is 11.6 Å². The maximum atomic E-state index is 9.95. The van der Waals surface area contributed by atoms with Crippen molar-refractivity contribution in [2.24, 2.45) is 0 Å². The number of hydrogen-bond donors (Lipinski definition) is 0. The molecule has 0 atom stereocenters. The van der Waals surface area contributed by atoms with Gasteiger partial charge in [0.25, 0.3) is 0 Å². The van der Waals surface area contributed by atoms with Crippen LogP contribution < -0.4 is 0 Å². The first-order valence-electron chi connectivity index (χ1n) is 10.9. The van der Waals surface area contributed by atoms with Crippen molar-refractivity contribution >= 4 is 11.1 Å². The summed E-state index contributed by atoms with van der Waals surface area (Å²) in [6.07, 6.45) is 3.90. The highest BCUT2D eigenvalue weighted by Crippen LogP contribution is 2.34. The van der Waals surface area contributed by atoms with Crippen LogP contribution in [0.3, 0.4) is 0 Å². The fourth-order valence-corrected chi connectivity index (χ4v) is 4.56. The molecule has 3 aromatic carbocycles. The van der Waals surface area contributed by atoms with Gasteiger partial charge in [0.15, 0.2) is 5.58 Å². The van der Waals surface area contributed by atoms with Crippen molar-refractivity contribution in [2.75, 3.05) is 13.1 Å². The minimum absolute atomic E-state index is 0.502. The maximum Gasteiger partial charge on any atom is 0.228 e. The smallest absolute Gasteiger partial charge is 0.228 e. The fraction of sp³-hybridized carbons (Fsp3) is 0.259. The zero-order valence-corrected chi connectivity index (χ0v) is 17.8. The second kappa shape index (κ2) is 8.37. The standard InChI is InChI=1S/C27H25N3O/c1-19-15-20(18-30-13-6-3-7-14-30)16-25-26(19)31-27(29-25)23-12-8-11-22(24(23)17-28)21-9-4-2-5-10-21/h2,4-5,8-12,15-16H,3,6-7,13-14,18H2,1H3. The van der Waals surface area contributed by atoms with Crippen molar-refractivity contribution in [1.82, 2.24) is 9.88 Å². The van der Waals surface area contributed by atoms with Crippen LogP contribution in [0.4, 0.5) is 0 Å². The van der Waals surface area contributed by atoms with Gasteiger partial charge in [-0.05, 0) is 61.7 Å². The first-order chi connectivity index (χ1) is 15.2. The summed E-state index contributed by atoms with van der Waals surface area (Å²) in [6.45, 7) is 5.35. The third-order valence-electron chi connectivity index (χ3n) is 6.08. The molecule has 1 aliphatic heterocycles. The predicted molar refractivity (Wildman–Crippen MR) is 123 cm³/mol. The Morgan fingerprint density at radius 3 is 2.52 bits per heavy atom.